The smallest absolute Gasteiger partial charge is 0.123 e. The van der Waals surface area contributed by atoms with Crippen LogP contribution in [-0.2, 0) is 18.9 Å². The van der Waals surface area contributed by atoms with Gasteiger partial charge >= 0.3 is 0 Å². The molecular weight excluding hydrogens is 253 g/mol. The SMILES string of the molecule is Cn1nccc1CCC(N)C(C)(C)c1ccc(F)cc1. The van der Waals surface area contributed by atoms with E-state index in [1.807, 2.05) is 29.9 Å². The van der Waals surface area contributed by atoms with Gasteiger partial charge in [0, 0.05) is 30.4 Å². The molecule has 1 heterocycles. The van der Waals surface area contributed by atoms with Gasteiger partial charge in [0.2, 0.25) is 0 Å². The summed E-state index contributed by atoms with van der Waals surface area (Å²) in [6.45, 7) is 4.21. The minimum atomic E-state index is -0.215. The predicted molar refractivity (Wildman–Crippen MR) is 78.9 cm³/mol. The number of benzene rings is 1. The van der Waals surface area contributed by atoms with Crippen molar-refractivity contribution in [1.29, 1.82) is 0 Å². The summed E-state index contributed by atoms with van der Waals surface area (Å²) in [7, 11) is 1.94. The van der Waals surface area contributed by atoms with Gasteiger partial charge in [0.05, 0.1) is 0 Å². The second-order valence-electron chi connectivity index (χ2n) is 5.82. The first-order valence-corrected chi connectivity index (χ1v) is 6.90. The average molecular weight is 275 g/mol. The molecule has 0 saturated heterocycles. The van der Waals surface area contributed by atoms with Gasteiger partial charge in [0.15, 0.2) is 0 Å². The van der Waals surface area contributed by atoms with E-state index >= 15 is 0 Å². The number of halogens is 1. The van der Waals surface area contributed by atoms with Crippen LogP contribution in [0.2, 0.25) is 0 Å². The second-order valence-corrected chi connectivity index (χ2v) is 5.82. The highest BCUT2D eigenvalue weighted by atomic mass is 19.1. The molecule has 2 aromatic rings. The van der Waals surface area contributed by atoms with Gasteiger partial charge in [0.1, 0.15) is 5.82 Å². The van der Waals surface area contributed by atoms with Crippen LogP contribution >= 0.6 is 0 Å². The number of hydrogen-bond donors (Lipinski definition) is 1. The van der Waals surface area contributed by atoms with Gasteiger partial charge in [-0.3, -0.25) is 4.68 Å². The average Bonchev–Trinajstić information content (AvgIpc) is 2.82. The topological polar surface area (TPSA) is 43.8 Å². The van der Waals surface area contributed by atoms with E-state index in [4.69, 9.17) is 5.73 Å². The van der Waals surface area contributed by atoms with Crippen LogP contribution in [-0.4, -0.2) is 15.8 Å². The Bertz CT molecular complexity index is 557. The van der Waals surface area contributed by atoms with Crippen LogP contribution in [0, 0.1) is 5.82 Å². The van der Waals surface area contributed by atoms with Gasteiger partial charge in [-0.2, -0.15) is 5.10 Å². The molecule has 20 heavy (non-hydrogen) atoms. The minimum absolute atomic E-state index is 0.00265. The van der Waals surface area contributed by atoms with E-state index < -0.39 is 0 Å². The Kier molecular flexibility index (Phi) is 4.23. The van der Waals surface area contributed by atoms with Crippen LogP contribution < -0.4 is 5.73 Å². The molecule has 108 valence electrons. The summed E-state index contributed by atoms with van der Waals surface area (Å²) in [5.74, 6) is -0.215. The van der Waals surface area contributed by atoms with Crippen LogP contribution in [0.1, 0.15) is 31.5 Å². The molecule has 0 amide bonds. The quantitative estimate of drug-likeness (QED) is 0.912. The third kappa shape index (κ3) is 3.07. The zero-order valence-corrected chi connectivity index (χ0v) is 12.3. The van der Waals surface area contributed by atoms with Crippen molar-refractivity contribution in [2.75, 3.05) is 0 Å². The summed E-state index contributed by atoms with van der Waals surface area (Å²) in [5.41, 5.74) is 8.42. The molecular formula is C16H22FN3. The highest BCUT2D eigenvalue weighted by molar-refractivity contribution is 5.26. The summed E-state index contributed by atoms with van der Waals surface area (Å²) < 4.78 is 14.9. The maximum Gasteiger partial charge on any atom is 0.123 e. The van der Waals surface area contributed by atoms with Gasteiger partial charge in [-0.1, -0.05) is 26.0 Å². The van der Waals surface area contributed by atoms with E-state index in [9.17, 15) is 4.39 Å². The van der Waals surface area contributed by atoms with Crippen molar-refractivity contribution < 1.29 is 4.39 Å². The molecule has 0 aliphatic carbocycles. The molecule has 0 spiro atoms. The van der Waals surface area contributed by atoms with Crippen LogP contribution in [0.15, 0.2) is 36.5 Å². The molecule has 1 aromatic heterocycles. The lowest BCUT2D eigenvalue weighted by atomic mass is 9.76. The van der Waals surface area contributed by atoms with Gasteiger partial charge < -0.3 is 5.73 Å². The van der Waals surface area contributed by atoms with E-state index in [2.05, 4.69) is 18.9 Å². The van der Waals surface area contributed by atoms with Crippen LogP contribution in [0.5, 0.6) is 0 Å². The molecule has 1 aromatic carbocycles. The van der Waals surface area contributed by atoms with E-state index in [0.29, 0.717) is 0 Å². The van der Waals surface area contributed by atoms with Crippen LogP contribution in [0.4, 0.5) is 4.39 Å². The number of rotatable bonds is 5. The summed E-state index contributed by atoms with van der Waals surface area (Å²) in [6, 6.07) is 8.63. The number of hydrogen-bond acceptors (Lipinski definition) is 2. The van der Waals surface area contributed by atoms with Crippen molar-refractivity contribution in [3.05, 3.63) is 53.6 Å². The van der Waals surface area contributed by atoms with Gasteiger partial charge in [-0.05, 0) is 36.6 Å². The maximum atomic E-state index is 13.0. The molecule has 0 radical (unpaired) electrons. The van der Waals surface area contributed by atoms with Crippen molar-refractivity contribution in [3.8, 4) is 0 Å². The fraction of sp³-hybridized carbons (Fsp3) is 0.438. The molecule has 2 N–H and O–H groups in total. The molecule has 3 nitrogen and oxygen atoms in total. The van der Waals surface area contributed by atoms with Gasteiger partial charge in [-0.15, -0.1) is 0 Å². The van der Waals surface area contributed by atoms with Crippen molar-refractivity contribution in [2.45, 2.75) is 38.1 Å². The van der Waals surface area contributed by atoms with Crippen LogP contribution in [0.25, 0.3) is 0 Å². The molecule has 0 bridgehead atoms. The summed E-state index contributed by atoms with van der Waals surface area (Å²) in [4.78, 5) is 0. The molecule has 2 rings (SSSR count). The third-order valence-corrected chi connectivity index (χ3v) is 4.15. The minimum Gasteiger partial charge on any atom is -0.327 e. The summed E-state index contributed by atoms with van der Waals surface area (Å²) in [5, 5.41) is 4.16. The van der Waals surface area contributed by atoms with Gasteiger partial charge in [0.25, 0.3) is 0 Å². The standard InChI is InChI=1S/C16H22FN3/c1-16(2,12-4-6-13(17)7-5-12)15(18)9-8-14-10-11-19-20(14)3/h4-7,10-11,15H,8-9,18H2,1-3H3. The predicted octanol–water partition coefficient (Wildman–Crippen LogP) is 2.80. The number of nitrogens with zero attached hydrogens (tertiary/aromatic N) is 2. The Hall–Kier alpha value is -1.68. The first kappa shape index (κ1) is 14.7. The van der Waals surface area contributed by atoms with E-state index in [-0.39, 0.29) is 17.3 Å². The van der Waals surface area contributed by atoms with Crippen molar-refractivity contribution in [2.24, 2.45) is 12.8 Å². The van der Waals surface area contributed by atoms with Crippen molar-refractivity contribution in [3.63, 3.8) is 0 Å². The molecule has 0 aliphatic heterocycles. The van der Waals surface area contributed by atoms with E-state index in [0.717, 1.165) is 18.4 Å². The molecule has 0 fully saturated rings. The maximum absolute atomic E-state index is 13.0. The molecule has 0 aliphatic rings. The van der Waals surface area contributed by atoms with Crippen molar-refractivity contribution in [1.82, 2.24) is 9.78 Å². The van der Waals surface area contributed by atoms with Crippen molar-refractivity contribution >= 4 is 0 Å². The Labute approximate surface area is 119 Å². The lowest BCUT2D eigenvalue weighted by molar-refractivity contribution is 0.385. The highest BCUT2D eigenvalue weighted by Gasteiger charge is 2.28. The number of aromatic nitrogens is 2. The molecule has 1 atom stereocenters. The zero-order chi connectivity index (χ0) is 14.8. The summed E-state index contributed by atoms with van der Waals surface area (Å²) in [6.07, 6.45) is 3.55. The Morgan fingerprint density at radius 2 is 1.90 bits per heavy atom. The fourth-order valence-corrected chi connectivity index (χ4v) is 2.40. The highest BCUT2D eigenvalue weighted by Crippen LogP contribution is 2.28. The number of nitrogens with two attached hydrogens (primary N) is 1. The van der Waals surface area contributed by atoms with Crippen LogP contribution in [0.3, 0.4) is 0 Å². The molecule has 1 unspecified atom stereocenters. The lowest BCUT2D eigenvalue weighted by Crippen LogP contribution is -2.41. The molecule has 4 heteroatoms. The second kappa shape index (κ2) is 5.75. The molecule has 0 saturated carbocycles. The first-order chi connectivity index (χ1) is 9.41. The Balaban J connectivity index is 2.05. The Morgan fingerprint density at radius 1 is 1.25 bits per heavy atom. The largest absolute Gasteiger partial charge is 0.327 e. The van der Waals surface area contributed by atoms with E-state index in [1.165, 1.54) is 17.8 Å². The zero-order valence-electron chi connectivity index (χ0n) is 12.3. The summed E-state index contributed by atoms with van der Waals surface area (Å²) >= 11 is 0. The first-order valence-electron chi connectivity index (χ1n) is 6.90. The monoisotopic (exact) mass is 275 g/mol. The normalized spacial score (nSPS) is 13.4. The van der Waals surface area contributed by atoms with Gasteiger partial charge in [-0.25, -0.2) is 4.39 Å². The van der Waals surface area contributed by atoms with E-state index in [1.54, 1.807) is 6.20 Å². The fourth-order valence-electron chi connectivity index (χ4n) is 2.40. The third-order valence-electron chi connectivity index (χ3n) is 4.15. The lowest BCUT2D eigenvalue weighted by Gasteiger charge is -2.32. The number of aryl methyl sites for hydroxylation is 2. The Morgan fingerprint density at radius 3 is 2.45 bits per heavy atom.